The number of aliphatic imine (C=N–C) groups is 1. The maximum atomic E-state index is 10.9. The molecule has 41 heavy (non-hydrogen) atoms. The molecular weight excluding hydrogens is 514 g/mol. The number of rotatable bonds is 8. The SMILES string of the molecule is COc1cc(C=Nc2ccc([C@@H]3Nc4ccc(C)cc4[C@@H]4C=CC[C@@H]43)cc2)ccc1OCc1ccc([N+](=O)[O-])cc1. The first-order valence-corrected chi connectivity index (χ1v) is 13.7. The molecule has 4 aromatic rings. The highest BCUT2D eigenvalue weighted by atomic mass is 16.6. The fraction of sp³-hybridized carbons (Fsp3) is 0.206. The molecule has 0 spiro atoms. The van der Waals surface area contributed by atoms with E-state index in [0.29, 0.717) is 23.3 Å². The average Bonchev–Trinajstić information content (AvgIpc) is 3.50. The van der Waals surface area contributed by atoms with Gasteiger partial charge in [-0.3, -0.25) is 15.1 Å². The number of hydrogen-bond acceptors (Lipinski definition) is 6. The van der Waals surface area contributed by atoms with E-state index in [0.717, 1.165) is 23.2 Å². The number of allylic oxidation sites excluding steroid dienone is 2. The fourth-order valence-corrected chi connectivity index (χ4v) is 5.72. The van der Waals surface area contributed by atoms with E-state index in [1.807, 2.05) is 24.4 Å². The molecule has 3 atom stereocenters. The Balaban J connectivity index is 1.12. The molecule has 0 saturated carbocycles. The first-order chi connectivity index (χ1) is 20.0. The van der Waals surface area contributed by atoms with Crippen molar-refractivity contribution in [3.8, 4) is 11.5 Å². The molecule has 7 nitrogen and oxygen atoms in total. The molecule has 0 saturated heterocycles. The largest absolute Gasteiger partial charge is 0.493 e. The molecule has 2 aliphatic rings. The minimum absolute atomic E-state index is 0.0517. The van der Waals surface area contributed by atoms with E-state index in [1.165, 1.54) is 34.5 Å². The van der Waals surface area contributed by atoms with E-state index in [4.69, 9.17) is 9.47 Å². The molecular formula is C34H31N3O4. The van der Waals surface area contributed by atoms with Gasteiger partial charge in [0.15, 0.2) is 11.5 Å². The fourth-order valence-electron chi connectivity index (χ4n) is 5.72. The van der Waals surface area contributed by atoms with Gasteiger partial charge < -0.3 is 14.8 Å². The van der Waals surface area contributed by atoms with Gasteiger partial charge in [0.1, 0.15) is 6.61 Å². The topological polar surface area (TPSA) is 86.0 Å². The van der Waals surface area contributed by atoms with E-state index < -0.39 is 4.92 Å². The van der Waals surface area contributed by atoms with Gasteiger partial charge in [0.2, 0.25) is 0 Å². The molecule has 1 aliphatic carbocycles. The van der Waals surface area contributed by atoms with E-state index >= 15 is 0 Å². The molecule has 6 rings (SSSR count). The highest BCUT2D eigenvalue weighted by molar-refractivity contribution is 5.83. The second-order valence-corrected chi connectivity index (χ2v) is 10.5. The number of benzene rings is 4. The number of nitrogens with one attached hydrogen (secondary N) is 1. The van der Waals surface area contributed by atoms with E-state index in [2.05, 4.69) is 71.8 Å². The number of anilines is 1. The van der Waals surface area contributed by atoms with Gasteiger partial charge >= 0.3 is 0 Å². The Labute approximate surface area is 239 Å². The van der Waals surface area contributed by atoms with Gasteiger partial charge in [-0.2, -0.15) is 0 Å². The maximum Gasteiger partial charge on any atom is 0.269 e. The van der Waals surface area contributed by atoms with Crippen LogP contribution in [0.1, 0.15) is 46.2 Å². The molecule has 0 aromatic heterocycles. The van der Waals surface area contributed by atoms with Gasteiger partial charge in [-0.05, 0) is 90.0 Å². The summed E-state index contributed by atoms with van der Waals surface area (Å²) in [4.78, 5) is 15.1. The minimum Gasteiger partial charge on any atom is -0.493 e. The summed E-state index contributed by atoms with van der Waals surface area (Å²) in [5.41, 5.74) is 7.83. The van der Waals surface area contributed by atoms with Crippen LogP contribution in [0.25, 0.3) is 0 Å². The van der Waals surface area contributed by atoms with Gasteiger partial charge in [-0.1, -0.05) is 42.0 Å². The summed E-state index contributed by atoms with van der Waals surface area (Å²) in [6.07, 6.45) is 7.58. The molecule has 0 bridgehead atoms. The third-order valence-corrected chi connectivity index (χ3v) is 7.86. The smallest absolute Gasteiger partial charge is 0.269 e. The number of nitrogens with zero attached hydrogens (tertiary/aromatic N) is 2. The zero-order valence-electron chi connectivity index (χ0n) is 23.0. The molecule has 0 fully saturated rings. The number of methoxy groups -OCH3 is 1. The van der Waals surface area contributed by atoms with Crippen LogP contribution >= 0.6 is 0 Å². The molecule has 0 unspecified atom stereocenters. The maximum absolute atomic E-state index is 10.9. The quantitative estimate of drug-likeness (QED) is 0.105. The standard InChI is InChI=1S/C34H31N3O4/c1-22-6-16-31-30(18-22)28-4-3-5-29(28)34(36-31)25-10-12-26(13-11-25)35-20-24-9-17-32(33(19-24)40-2)41-21-23-7-14-27(15-8-23)37(38)39/h3-4,6-20,28-29,34,36H,5,21H2,1-2H3/t28-,29+,34+/m1/s1. The van der Waals surface area contributed by atoms with Gasteiger partial charge in [-0.25, -0.2) is 0 Å². The van der Waals surface area contributed by atoms with E-state index in [1.54, 1.807) is 19.2 Å². The summed E-state index contributed by atoms with van der Waals surface area (Å²) in [6.45, 7) is 2.43. The first kappa shape index (κ1) is 26.3. The predicted molar refractivity (Wildman–Crippen MR) is 162 cm³/mol. The summed E-state index contributed by atoms with van der Waals surface area (Å²) < 4.78 is 11.4. The lowest BCUT2D eigenvalue weighted by molar-refractivity contribution is -0.384. The molecule has 0 amide bonds. The molecule has 0 radical (unpaired) electrons. The van der Waals surface area contributed by atoms with Gasteiger partial charge in [-0.15, -0.1) is 0 Å². The first-order valence-electron chi connectivity index (χ1n) is 13.7. The summed E-state index contributed by atoms with van der Waals surface area (Å²) in [6, 6.07) is 27.4. The van der Waals surface area contributed by atoms with Crippen molar-refractivity contribution in [1.82, 2.24) is 0 Å². The summed E-state index contributed by atoms with van der Waals surface area (Å²) in [7, 11) is 1.59. The van der Waals surface area contributed by atoms with Crippen molar-refractivity contribution in [2.75, 3.05) is 12.4 Å². The minimum atomic E-state index is -0.418. The lowest BCUT2D eigenvalue weighted by atomic mass is 9.76. The van der Waals surface area contributed by atoms with Crippen LogP contribution in [0.15, 0.2) is 102 Å². The Morgan fingerprint density at radius 2 is 1.80 bits per heavy atom. The highest BCUT2D eigenvalue weighted by Gasteiger charge is 2.37. The molecule has 206 valence electrons. The molecule has 1 N–H and O–H groups in total. The van der Waals surface area contributed by atoms with Crippen molar-refractivity contribution in [2.24, 2.45) is 10.9 Å². The normalized spacial score (nSPS) is 18.9. The molecule has 7 heteroatoms. The van der Waals surface area contributed by atoms with E-state index in [9.17, 15) is 10.1 Å². The van der Waals surface area contributed by atoms with Crippen LogP contribution in [0.4, 0.5) is 17.1 Å². The Bertz CT molecular complexity index is 1630. The monoisotopic (exact) mass is 545 g/mol. The summed E-state index contributed by atoms with van der Waals surface area (Å²) in [5.74, 6) is 2.13. The van der Waals surface area contributed by atoms with Crippen molar-refractivity contribution in [1.29, 1.82) is 0 Å². The van der Waals surface area contributed by atoms with Gasteiger partial charge in [0, 0.05) is 30.0 Å². The van der Waals surface area contributed by atoms with Gasteiger partial charge in [0.05, 0.1) is 23.8 Å². The third kappa shape index (κ3) is 5.57. The second-order valence-electron chi connectivity index (χ2n) is 10.5. The molecule has 4 aromatic carbocycles. The average molecular weight is 546 g/mol. The van der Waals surface area contributed by atoms with Crippen LogP contribution in [-0.2, 0) is 6.61 Å². The number of nitro groups is 1. The Morgan fingerprint density at radius 1 is 1.00 bits per heavy atom. The van der Waals surface area contributed by atoms with Crippen molar-refractivity contribution >= 4 is 23.3 Å². The van der Waals surface area contributed by atoms with Crippen molar-refractivity contribution in [3.05, 3.63) is 135 Å². The van der Waals surface area contributed by atoms with E-state index in [-0.39, 0.29) is 18.3 Å². The number of fused-ring (bicyclic) bond motifs is 3. The Kier molecular flexibility index (Phi) is 7.25. The number of nitro benzene ring substituents is 1. The number of hydrogen-bond donors (Lipinski definition) is 1. The number of non-ortho nitro benzene ring substituents is 1. The van der Waals surface area contributed by atoms with Crippen LogP contribution in [0.5, 0.6) is 11.5 Å². The van der Waals surface area contributed by atoms with Crippen LogP contribution in [0.2, 0.25) is 0 Å². The zero-order chi connectivity index (χ0) is 28.3. The van der Waals surface area contributed by atoms with Crippen molar-refractivity contribution in [2.45, 2.75) is 31.9 Å². The summed E-state index contributed by atoms with van der Waals surface area (Å²) >= 11 is 0. The number of aryl methyl sites for hydroxylation is 1. The lowest BCUT2D eigenvalue weighted by Gasteiger charge is -2.37. The van der Waals surface area contributed by atoms with Crippen LogP contribution < -0.4 is 14.8 Å². The van der Waals surface area contributed by atoms with Crippen molar-refractivity contribution in [3.63, 3.8) is 0 Å². The highest BCUT2D eigenvalue weighted by Crippen LogP contribution is 2.50. The Hall–Kier alpha value is -4.91. The van der Waals surface area contributed by atoms with Crippen LogP contribution in [0, 0.1) is 23.0 Å². The predicted octanol–water partition coefficient (Wildman–Crippen LogP) is 8.07. The Morgan fingerprint density at radius 3 is 2.56 bits per heavy atom. The van der Waals surface area contributed by atoms with Crippen molar-refractivity contribution < 1.29 is 14.4 Å². The molecule has 1 heterocycles. The zero-order valence-corrected chi connectivity index (χ0v) is 23.0. The van der Waals surface area contributed by atoms with Gasteiger partial charge in [0.25, 0.3) is 5.69 Å². The van der Waals surface area contributed by atoms with Crippen LogP contribution in [-0.4, -0.2) is 18.2 Å². The third-order valence-electron chi connectivity index (χ3n) is 7.86. The second kappa shape index (κ2) is 11.3. The molecule has 1 aliphatic heterocycles. The lowest BCUT2D eigenvalue weighted by Crippen LogP contribution is -2.29. The van der Waals surface area contributed by atoms with Crippen LogP contribution in [0.3, 0.4) is 0 Å². The number of ether oxygens (including phenoxy) is 2. The summed E-state index contributed by atoms with van der Waals surface area (Å²) in [5, 5.41) is 14.7.